The molecule has 0 saturated carbocycles. The maximum absolute atomic E-state index is 11.8. The number of hydrogen-bond donors (Lipinski definition) is 0. The molecule has 1 rings (SSSR count). The monoisotopic (exact) mass is 203 g/mol. The molecule has 1 radical (unpaired) electrons. The minimum Gasteiger partial charge on any atom is -0.406 e. The van der Waals surface area contributed by atoms with E-state index < -0.39 is 6.36 Å². The van der Waals surface area contributed by atoms with Gasteiger partial charge in [-0.25, -0.2) is 0 Å². The highest BCUT2D eigenvalue weighted by atomic mass is 19.4. The predicted octanol–water partition coefficient (Wildman–Crippen LogP) is 3.51. The summed E-state index contributed by atoms with van der Waals surface area (Å²) >= 11 is 0. The molecular formula is C10H10F3O. The number of benzene rings is 1. The SMILES string of the molecule is CC(C)c1[c]cc(OC(F)(F)F)cc1. The third-order valence-corrected chi connectivity index (χ3v) is 1.66. The quantitative estimate of drug-likeness (QED) is 0.714. The molecule has 0 aromatic heterocycles. The van der Waals surface area contributed by atoms with Gasteiger partial charge in [-0.15, -0.1) is 13.2 Å². The topological polar surface area (TPSA) is 9.23 Å². The third-order valence-electron chi connectivity index (χ3n) is 1.66. The van der Waals surface area contributed by atoms with Gasteiger partial charge in [-0.3, -0.25) is 0 Å². The molecule has 1 nitrogen and oxygen atoms in total. The summed E-state index contributed by atoms with van der Waals surface area (Å²) in [7, 11) is 0. The first-order chi connectivity index (χ1) is 6.38. The summed E-state index contributed by atoms with van der Waals surface area (Å²) < 4.78 is 39.0. The van der Waals surface area contributed by atoms with Crippen LogP contribution in [0, 0.1) is 6.07 Å². The molecular weight excluding hydrogens is 193 g/mol. The van der Waals surface area contributed by atoms with E-state index in [0.29, 0.717) is 0 Å². The molecule has 0 amide bonds. The van der Waals surface area contributed by atoms with Crippen LogP contribution in [-0.4, -0.2) is 6.36 Å². The van der Waals surface area contributed by atoms with Gasteiger partial charge < -0.3 is 4.74 Å². The second-order valence-corrected chi connectivity index (χ2v) is 3.18. The van der Waals surface area contributed by atoms with Gasteiger partial charge in [-0.1, -0.05) is 19.9 Å². The van der Waals surface area contributed by atoms with Crippen LogP contribution in [0.3, 0.4) is 0 Å². The van der Waals surface area contributed by atoms with Crippen molar-refractivity contribution >= 4 is 0 Å². The highest BCUT2D eigenvalue weighted by Gasteiger charge is 2.30. The summed E-state index contributed by atoms with van der Waals surface area (Å²) in [5, 5.41) is 0. The number of halogens is 3. The van der Waals surface area contributed by atoms with Gasteiger partial charge in [0.15, 0.2) is 0 Å². The Bertz CT molecular complexity index is 287. The van der Waals surface area contributed by atoms with E-state index in [2.05, 4.69) is 10.8 Å². The van der Waals surface area contributed by atoms with E-state index in [1.807, 2.05) is 13.8 Å². The molecule has 0 spiro atoms. The molecule has 1 aromatic carbocycles. The number of alkyl halides is 3. The van der Waals surface area contributed by atoms with Crippen molar-refractivity contribution in [2.75, 3.05) is 0 Å². The smallest absolute Gasteiger partial charge is 0.406 e. The lowest BCUT2D eigenvalue weighted by Crippen LogP contribution is -2.17. The van der Waals surface area contributed by atoms with Gasteiger partial charge in [0.05, 0.1) is 0 Å². The Balaban J connectivity index is 2.74. The molecule has 0 aliphatic heterocycles. The van der Waals surface area contributed by atoms with Crippen molar-refractivity contribution in [2.24, 2.45) is 0 Å². The van der Waals surface area contributed by atoms with Crippen LogP contribution in [0.2, 0.25) is 0 Å². The first-order valence-corrected chi connectivity index (χ1v) is 4.16. The average molecular weight is 203 g/mol. The standard InChI is InChI=1S/C10H10F3O/c1-7(2)8-3-5-9(6-4-8)14-10(11,12)13/h3,5-7H,1-2H3. The zero-order valence-corrected chi connectivity index (χ0v) is 7.85. The molecule has 14 heavy (non-hydrogen) atoms. The van der Waals surface area contributed by atoms with Crippen LogP contribution in [0.15, 0.2) is 18.2 Å². The summed E-state index contributed by atoms with van der Waals surface area (Å²) in [6.45, 7) is 3.88. The Morgan fingerprint density at radius 3 is 2.29 bits per heavy atom. The summed E-state index contributed by atoms with van der Waals surface area (Å²) in [5.74, 6) is 0.0110. The van der Waals surface area contributed by atoms with Crippen LogP contribution < -0.4 is 4.74 Å². The van der Waals surface area contributed by atoms with E-state index in [1.54, 1.807) is 6.07 Å². The maximum atomic E-state index is 11.8. The van der Waals surface area contributed by atoms with Crippen molar-refractivity contribution in [2.45, 2.75) is 26.1 Å². The Labute approximate surface area is 80.5 Å². The molecule has 0 fully saturated rings. The number of ether oxygens (including phenoxy) is 1. The van der Waals surface area contributed by atoms with E-state index in [0.717, 1.165) is 5.56 Å². The van der Waals surface area contributed by atoms with Crippen LogP contribution in [0.4, 0.5) is 13.2 Å². The van der Waals surface area contributed by atoms with Gasteiger partial charge in [-0.05, 0) is 29.7 Å². The van der Waals surface area contributed by atoms with E-state index in [4.69, 9.17) is 0 Å². The van der Waals surface area contributed by atoms with Crippen molar-refractivity contribution in [3.05, 3.63) is 29.8 Å². The lowest BCUT2D eigenvalue weighted by atomic mass is 10.0. The summed E-state index contributed by atoms with van der Waals surface area (Å²) in [6.07, 6.45) is -4.63. The zero-order valence-electron chi connectivity index (χ0n) is 7.85. The fraction of sp³-hybridized carbons (Fsp3) is 0.400. The Morgan fingerprint density at radius 1 is 1.29 bits per heavy atom. The van der Waals surface area contributed by atoms with Gasteiger partial charge >= 0.3 is 6.36 Å². The molecule has 0 atom stereocenters. The summed E-state index contributed by atoms with van der Waals surface area (Å²) in [5.41, 5.74) is 0.861. The lowest BCUT2D eigenvalue weighted by Gasteiger charge is -2.09. The Kier molecular flexibility index (Phi) is 3.03. The normalized spacial score (nSPS) is 11.9. The molecule has 0 heterocycles. The summed E-state index contributed by atoms with van der Waals surface area (Å²) in [6, 6.07) is 6.80. The first kappa shape index (κ1) is 10.9. The van der Waals surface area contributed by atoms with Gasteiger partial charge in [0.2, 0.25) is 0 Å². The van der Waals surface area contributed by atoms with Gasteiger partial charge in [0, 0.05) is 0 Å². The van der Waals surface area contributed by atoms with Gasteiger partial charge in [-0.2, -0.15) is 0 Å². The van der Waals surface area contributed by atoms with E-state index in [9.17, 15) is 13.2 Å². The van der Waals surface area contributed by atoms with Crippen LogP contribution in [0.5, 0.6) is 5.75 Å². The van der Waals surface area contributed by atoms with Gasteiger partial charge in [0.25, 0.3) is 0 Å². The summed E-state index contributed by atoms with van der Waals surface area (Å²) in [4.78, 5) is 0. The average Bonchev–Trinajstić information content (AvgIpc) is 2.02. The van der Waals surface area contributed by atoms with Crippen LogP contribution in [-0.2, 0) is 0 Å². The third kappa shape index (κ3) is 3.28. The molecule has 77 valence electrons. The van der Waals surface area contributed by atoms with Gasteiger partial charge in [0.1, 0.15) is 5.75 Å². The van der Waals surface area contributed by atoms with Crippen molar-refractivity contribution in [1.29, 1.82) is 0 Å². The Morgan fingerprint density at radius 2 is 1.93 bits per heavy atom. The second kappa shape index (κ2) is 3.90. The molecule has 0 aliphatic rings. The van der Waals surface area contributed by atoms with Crippen LogP contribution in [0.25, 0.3) is 0 Å². The van der Waals surface area contributed by atoms with Crippen molar-refractivity contribution in [1.82, 2.24) is 0 Å². The maximum Gasteiger partial charge on any atom is 0.573 e. The van der Waals surface area contributed by atoms with Crippen molar-refractivity contribution in [3.63, 3.8) is 0 Å². The highest BCUT2D eigenvalue weighted by molar-refractivity contribution is 5.27. The number of rotatable bonds is 2. The van der Waals surface area contributed by atoms with E-state index in [1.165, 1.54) is 12.1 Å². The Hall–Kier alpha value is -1.19. The fourth-order valence-corrected chi connectivity index (χ4v) is 0.979. The predicted molar refractivity (Wildman–Crippen MR) is 46.1 cm³/mol. The molecule has 0 N–H and O–H groups in total. The lowest BCUT2D eigenvalue weighted by molar-refractivity contribution is -0.274. The van der Waals surface area contributed by atoms with Crippen molar-refractivity contribution in [3.8, 4) is 5.75 Å². The minimum atomic E-state index is -4.63. The highest BCUT2D eigenvalue weighted by Crippen LogP contribution is 2.24. The molecule has 0 saturated heterocycles. The molecule has 0 bridgehead atoms. The first-order valence-electron chi connectivity index (χ1n) is 4.16. The van der Waals surface area contributed by atoms with E-state index in [-0.39, 0.29) is 11.7 Å². The van der Waals surface area contributed by atoms with Crippen molar-refractivity contribution < 1.29 is 17.9 Å². The fourth-order valence-electron chi connectivity index (χ4n) is 0.979. The molecule has 0 unspecified atom stereocenters. The number of hydrogen-bond acceptors (Lipinski definition) is 1. The zero-order chi connectivity index (χ0) is 10.8. The van der Waals surface area contributed by atoms with Crippen LogP contribution in [0.1, 0.15) is 25.3 Å². The molecule has 0 aliphatic carbocycles. The van der Waals surface area contributed by atoms with E-state index >= 15 is 0 Å². The largest absolute Gasteiger partial charge is 0.573 e. The molecule has 4 heteroatoms. The second-order valence-electron chi connectivity index (χ2n) is 3.18. The van der Waals surface area contributed by atoms with Crippen LogP contribution >= 0.6 is 0 Å². The molecule has 1 aromatic rings. The minimum absolute atomic E-state index is 0.234.